The van der Waals surface area contributed by atoms with Gasteiger partial charge in [0.15, 0.2) is 0 Å². The zero-order valence-electron chi connectivity index (χ0n) is 19.8. The monoisotopic (exact) mass is 460 g/mol. The lowest BCUT2D eigenvalue weighted by Gasteiger charge is -2.30. The van der Waals surface area contributed by atoms with Gasteiger partial charge in [-0.25, -0.2) is 4.79 Å². The Morgan fingerprint density at radius 3 is 2.35 bits per heavy atom. The summed E-state index contributed by atoms with van der Waals surface area (Å²) in [4.78, 5) is 26.9. The van der Waals surface area contributed by atoms with Gasteiger partial charge in [-0.3, -0.25) is 10.1 Å². The SMILES string of the molecule is CC(C)OC(=O)Nc1ccc(-c2c(N)c3cc(C(=O)N4CCCC4)ccc3n2C2CCC2)cc1. The molecular formula is C27H32N4O3. The number of hydrogen-bond acceptors (Lipinski definition) is 4. The molecule has 1 saturated carbocycles. The van der Waals surface area contributed by atoms with E-state index in [4.69, 9.17) is 10.5 Å². The predicted octanol–water partition coefficient (Wildman–Crippen LogP) is 5.81. The van der Waals surface area contributed by atoms with Gasteiger partial charge >= 0.3 is 6.09 Å². The van der Waals surface area contributed by atoms with Crippen LogP contribution in [0.1, 0.15) is 62.4 Å². The van der Waals surface area contributed by atoms with Gasteiger partial charge in [-0.1, -0.05) is 12.1 Å². The summed E-state index contributed by atoms with van der Waals surface area (Å²) < 4.78 is 7.50. The first-order valence-electron chi connectivity index (χ1n) is 12.2. The Labute approximate surface area is 199 Å². The lowest BCUT2D eigenvalue weighted by molar-refractivity contribution is 0.0793. The second kappa shape index (κ2) is 9.05. The lowest BCUT2D eigenvalue weighted by atomic mass is 9.92. The molecule has 1 saturated heterocycles. The molecule has 0 atom stereocenters. The fraction of sp³-hybridized carbons (Fsp3) is 0.407. The summed E-state index contributed by atoms with van der Waals surface area (Å²) >= 11 is 0. The van der Waals surface area contributed by atoms with Crippen LogP contribution >= 0.6 is 0 Å². The van der Waals surface area contributed by atoms with Crippen LogP contribution < -0.4 is 11.1 Å². The molecule has 2 aliphatic rings. The van der Waals surface area contributed by atoms with Crippen molar-refractivity contribution in [2.45, 2.75) is 58.1 Å². The molecule has 1 aliphatic heterocycles. The smallest absolute Gasteiger partial charge is 0.411 e. The van der Waals surface area contributed by atoms with E-state index >= 15 is 0 Å². The molecule has 3 N–H and O–H groups in total. The number of fused-ring (bicyclic) bond motifs is 1. The number of likely N-dealkylation sites (tertiary alicyclic amines) is 1. The molecule has 7 nitrogen and oxygen atoms in total. The van der Waals surface area contributed by atoms with Gasteiger partial charge in [-0.2, -0.15) is 0 Å². The number of benzene rings is 2. The molecule has 0 unspecified atom stereocenters. The first kappa shape index (κ1) is 22.3. The molecule has 2 amide bonds. The number of rotatable bonds is 5. The fourth-order valence-corrected chi connectivity index (χ4v) is 4.97. The molecule has 5 rings (SSSR count). The van der Waals surface area contributed by atoms with Crippen LogP contribution in [0.5, 0.6) is 0 Å². The molecule has 2 heterocycles. The predicted molar refractivity (Wildman–Crippen MR) is 135 cm³/mol. The first-order chi connectivity index (χ1) is 16.4. The van der Waals surface area contributed by atoms with Crippen LogP contribution in [0.2, 0.25) is 0 Å². The van der Waals surface area contributed by atoms with E-state index in [0.717, 1.165) is 60.9 Å². The minimum Gasteiger partial charge on any atom is -0.447 e. The molecule has 1 aromatic heterocycles. The summed E-state index contributed by atoms with van der Waals surface area (Å²) in [5, 5.41) is 3.68. The third-order valence-corrected chi connectivity index (χ3v) is 6.87. The minimum absolute atomic E-state index is 0.0838. The topological polar surface area (TPSA) is 89.6 Å². The number of anilines is 2. The molecule has 0 radical (unpaired) electrons. The molecule has 1 aliphatic carbocycles. The Balaban J connectivity index is 1.51. The Bertz CT molecular complexity index is 1220. The number of carbonyl (C=O) groups excluding carboxylic acids is 2. The second-order valence-corrected chi connectivity index (χ2v) is 9.60. The molecule has 2 aromatic carbocycles. The highest BCUT2D eigenvalue weighted by Gasteiger charge is 2.28. The number of carbonyl (C=O) groups is 2. The van der Waals surface area contributed by atoms with Crippen molar-refractivity contribution < 1.29 is 14.3 Å². The van der Waals surface area contributed by atoms with E-state index in [-0.39, 0.29) is 12.0 Å². The van der Waals surface area contributed by atoms with Crippen molar-refractivity contribution in [2.75, 3.05) is 24.1 Å². The third kappa shape index (κ3) is 4.11. The van der Waals surface area contributed by atoms with Crippen molar-refractivity contribution in [1.82, 2.24) is 9.47 Å². The van der Waals surface area contributed by atoms with Crippen LogP contribution in [-0.4, -0.2) is 40.7 Å². The highest BCUT2D eigenvalue weighted by Crippen LogP contribution is 2.44. The van der Waals surface area contributed by atoms with Crippen molar-refractivity contribution in [3.05, 3.63) is 48.0 Å². The van der Waals surface area contributed by atoms with E-state index in [9.17, 15) is 9.59 Å². The summed E-state index contributed by atoms with van der Waals surface area (Å²) in [5.74, 6) is 0.0838. The molecule has 3 aromatic rings. The average molecular weight is 461 g/mol. The number of ether oxygens (including phenoxy) is 1. The lowest BCUT2D eigenvalue weighted by Crippen LogP contribution is -2.27. The molecule has 34 heavy (non-hydrogen) atoms. The first-order valence-corrected chi connectivity index (χ1v) is 12.2. The number of nitrogen functional groups attached to an aromatic ring is 1. The van der Waals surface area contributed by atoms with Crippen molar-refractivity contribution >= 4 is 34.3 Å². The van der Waals surface area contributed by atoms with Crippen molar-refractivity contribution in [1.29, 1.82) is 0 Å². The Hall–Kier alpha value is -3.48. The zero-order chi connectivity index (χ0) is 23.8. The van der Waals surface area contributed by atoms with Crippen LogP contribution in [0.3, 0.4) is 0 Å². The summed E-state index contributed by atoms with van der Waals surface area (Å²) in [6.45, 7) is 5.28. The van der Waals surface area contributed by atoms with Crippen LogP contribution in [0.4, 0.5) is 16.2 Å². The van der Waals surface area contributed by atoms with E-state index in [1.165, 1.54) is 6.42 Å². The Morgan fingerprint density at radius 1 is 1.03 bits per heavy atom. The van der Waals surface area contributed by atoms with Crippen LogP contribution in [-0.2, 0) is 4.74 Å². The largest absolute Gasteiger partial charge is 0.447 e. The summed E-state index contributed by atoms with van der Waals surface area (Å²) in [6.07, 6.45) is 4.92. The standard InChI is InChI=1S/C27H32N4O3/c1-17(2)34-27(33)29-20-11-8-18(9-12-20)25-24(28)22-16-19(26(32)30-14-3-4-15-30)10-13-23(22)31(25)21-6-5-7-21/h8-13,16-17,21H,3-7,14-15,28H2,1-2H3,(H,29,33). The van der Waals surface area contributed by atoms with Crippen molar-refractivity contribution in [2.24, 2.45) is 0 Å². The maximum atomic E-state index is 13.0. The number of amides is 2. The van der Waals surface area contributed by atoms with Crippen LogP contribution in [0.15, 0.2) is 42.5 Å². The molecule has 0 spiro atoms. The average Bonchev–Trinajstić information content (AvgIpc) is 3.40. The molecule has 0 bridgehead atoms. The van der Waals surface area contributed by atoms with Gasteiger partial charge < -0.3 is 19.9 Å². The number of nitrogens with two attached hydrogens (primary N) is 1. The molecular weight excluding hydrogens is 428 g/mol. The summed E-state index contributed by atoms with van der Waals surface area (Å²) in [6, 6.07) is 14.0. The quantitative estimate of drug-likeness (QED) is 0.503. The van der Waals surface area contributed by atoms with E-state index in [1.807, 2.05) is 55.1 Å². The molecule has 178 valence electrons. The van der Waals surface area contributed by atoms with Crippen LogP contribution in [0.25, 0.3) is 22.2 Å². The van der Waals surface area contributed by atoms with Gasteiger partial charge in [0.1, 0.15) is 0 Å². The van der Waals surface area contributed by atoms with Gasteiger partial charge in [0.2, 0.25) is 0 Å². The molecule has 7 heteroatoms. The summed E-state index contributed by atoms with van der Waals surface area (Å²) in [5.41, 5.74) is 11.8. The van der Waals surface area contributed by atoms with Crippen molar-refractivity contribution in [3.8, 4) is 11.3 Å². The van der Waals surface area contributed by atoms with E-state index in [0.29, 0.717) is 23.0 Å². The number of nitrogens with zero attached hydrogens (tertiary/aromatic N) is 2. The van der Waals surface area contributed by atoms with Crippen molar-refractivity contribution in [3.63, 3.8) is 0 Å². The van der Waals surface area contributed by atoms with Gasteiger partial charge in [0.25, 0.3) is 5.91 Å². The maximum Gasteiger partial charge on any atom is 0.411 e. The minimum atomic E-state index is -0.471. The summed E-state index contributed by atoms with van der Waals surface area (Å²) in [7, 11) is 0. The highest BCUT2D eigenvalue weighted by atomic mass is 16.6. The number of nitrogens with one attached hydrogen (secondary N) is 1. The van der Waals surface area contributed by atoms with Crippen LogP contribution in [0, 0.1) is 0 Å². The van der Waals surface area contributed by atoms with Gasteiger partial charge in [-0.05, 0) is 76.3 Å². The van der Waals surface area contributed by atoms with E-state index < -0.39 is 6.09 Å². The fourth-order valence-electron chi connectivity index (χ4n) is 4.97. The zero-order valence-corrected chi connectivity index (χ0v) is 19.8. The van der Waals surface area contributed by atoms with Gasteiger partial charge in [0, 0.05) is 41.3 Å². The molecule has 2 fully saturated rings. The third-order valence-electron chi connectivity index (χ3n) is 6.87. The Morgan fingerprint density at radius 2 is 1.74 bits per heavy atom. The van der Waals surface area contributed by atoms with Gasteiger partial charge in [0.05, 0.1) is 23.0 Å². The highest BCUT2D eigenvalue weighted by molar-refractivity contribution is 6.05. The Kier molecular flexibility index (Phi) is 5.94. The second-order valence-electron chi connectivity index (χ2n) is 9.60. The van der Waals surface area contributed by atoms with Gasteiger partial charge in [-0.15, -0.1) is 0 Å². The van der Waals surface area contributed by atoms with E-state index in [2.05, 4.69) is 16.0 Å². The maximum absolute atomic E-state index is 13.0. The van der Waals surface area contributed by atoms with E-state index in [1.54, 1.807) is 0 Å². The normalized spacial score (nSPS) is 16.1. The number of hydrogen-bond donors (Lipinski definition) is 2. The number of aromatic nitrogens is 1.